The zero-order valence-electron chi connectivity index (χ0n) is 9.69. The van der Waals surface area contributed by atoms with E-state index in [1.54, 1.807) is 0 Å². The van der Waals surface area contributed by atoms with E-state index in [2.05, 4.69) is 10.2 Å². The second-order valence-corrected chi connectivity index (χ2v) is 4.20. The molecule has 0 aromatic carbocycles. The van der Waals surface area contributed by atoms with Crippen LogP contribution in [0.1, 0.15) is 32.6 Å². The molecule has 17 heavy (non-hydrogen) atoms. The Labute approximate surface area is 97.8 Å². The number of hydroxylamine groups is 1. The van der Waals surface area contributed by atoms with Gasteiger partial charge in [-0.25, -0.2) is 5.48 Å². The van der Waals surface area contributed by atoms with Gasteiger partial charge >= 0.3 is 6.18 Å². The Balaban J connectivity index is 2.44. The predicted molar refractivity (Wildman–Crippen MR) is 55.0 cm³/mol. The van der Waals surface area contributed by atoms with Crippen molar-refractivity contribution in [3.8, 4) is 0 Å². The fraction of sp³-hybridized carbons (Fsp3) is 0.900. The molecule has 0 aromatic heterocycles. The Hall–Kier alpha value is -0.820. The molecule has 100 valence electrons. The van der Waals surface area contributed by atoms with Gasteiger partial charge in [0.2, 0.25) is 0 Å². The van der Waals surface area contributed by atoms with Crippen molar-refractivity contribution in [2.45, 2.75) is 44.3 Å². The number of halogens is 3. The van der Waals surface area contributed by atoms with Crippen LogP contribution in [-0.2, 0) is 9.63 Å². The van der Waals surface area contributed by atoms with E-state index in [1.165, 1.54) is 0 Å². The number of carbonyl (C=O) groups excluding carboxylic acids is 1. The summed E-state index contributed by atoms with van der Waals surface area (Å²) < 4.78 is 35.5. The van der Waals surface area contributed by atoms with Gasteiger partial charge in [-0.2, -0.15) is 13.2 Å². The Morgan fingerprint density at radius 1 is 1.53 bits per heavy atom. The van der Waals surface area contributed by atoms with Crippen LogP contribution in [0.15, 0.2) is 0 Å². The number of amides is 1. The van der Waals surface area contributed by atoms with E-state index in [9.17, 15) is 18.0 Å². The van der Waals surface area contributed by atoms with Crippen molar-refractivity contribution >= 4 is 5.91 Å². The van der Waals surface area contributed by atoms with Gasteiger partial charge in [-0.3, -0.25) is 9.63 Å². The predicted octanol–water partition coefficient (Wildman–Crippen LogP) is 1.52. The van der Waals surface area contributed by atoms with Gasteiger partial charge in [0.25, 0.3) is 5.91 Å². The van der Waals surface area contributed by atoms with Gasteiger partial charge in [-0.05, 0) is 25.8 Å². The summed E-state index contributed by atoms with van der Waals surface area (Å²) in [6.45, 7) is 1.15. The first-order valence-corrected chi connectivity index (χ1v) is 5.64. The summed E-state index contributed by atoms with van der Waals surface area (Å²) in [6.07, 6.45) is -1.60. The summed E-state index contributed by atoms with van der Waals surface area (Å²) >= 11 is 0. The van der Waals surface area contributed by atoms with E-state index in [1.807, 2.05) is 12.4 Å². The summed E-state index contributed by atoms with van der Waals surface area (Å²) in [5.74, 6) is -0.513. The van der Waals surface area contributed by atoms with Crippen LogP contribution in [0.5, 0.6) is 0 Å². The summed E-state index contributed by atoms with van der Waals surface area (Å²) in [5.41, 5.74) is 1.12. The van der Waals surface area contributed by atoms with Gasteiger partial charge in [0.05, 0.1) is 0 Å². The van der Waals surface area contributed by atoms with E-state index in [4.69, 9.17) is 0 Å². The molecule has 1 aliphatic rings. The van der Waals surface area contributed by atoms with Gasteiger partial charge in [0.1, 0.15) is 5.54 Å². The van der Waals surface area contributed by atoms with Crippen LogP contribution in [0, 0.1) is 0 Å². The molecule has 1 aliphatic heterocycles. The van der Waals surface area contributed by atoms with Crippen LogP contribution in [0.25, 0.3) is 0 Å². The molecule has 1 rings (SSSR count). The normalized spacial score (nSPS) is 24.9. The highest BCUT2D eigenvalue weighted by Crippen LogP contribution is 2.25. The van der Waals surface area contributed by atoms with Crippen LogP contribution in [0.3, 0.4) is 0 Å². The van der Waals surface area contributed by atoms with Crippen molar-refractivity contribution in [1.29, 1.82) is 0 Å². The molecule has 1 heterocycles. The lowest BCUT2D eigenvalue weighted by molar-refractivity contribution is -0.193. The first-order valence-electron chi connectivity index (χ1n) is 5.64. The number of carbonyl (C=O) groups is 1. The molecule has 0 saturated carbocycles. The molecule has 7 heteroatoms. The Kier molecular flexibility index (Phi) is 4.76. The Morgan fingerprint density at radius 3 is 2.71 bits per heavy atom. The van der Waals surface area contributed by atoms with E-state index in [0.717, 1.165) is 12.8 Å². The highest BCUT2D eigenvalue weighted by atomic mass is 19.4. The van der Waals surface area contributed by atoms with E-state index in [0.29, 0.717) is 19.4 Å². The lowest BCUT2D eigenvalue weighted by Crippen LogP contribution is -2.53. The average molecular weight is 254 g/mol. The number of alkyl halides is 3. The molecule has 0 bridgehead atoms. The zero-order valence-corrected chi connectivity index (χ0v) is 9.69. The van der Waals surface area contributed by atoms with E-state index in [-0.39, 0.29) is 0 Å². The second-order valence-electron chi connectivity index (χ2n) is 4.20. The molecule has 1 saturated heterocycles. The molecule has 4 nitrogen and oxygen atoms in total. The van der Waals surface area contributed by atoms with Crippen molar-refractivity contribution in [3.63, 3.8) is 0 Å². The molecule has 1 fully saturated rings. The lowest BCUT2D eigenvalue weighted by Gasteiger charge is -2.27. The molecule has 0 aromatic rings. The maximum absolute atomic E-state index is 11.8. The highest BCUT2D eigenvalue weighted by Gasteiger charge is 2.40. The number of hydrogen-bond donors (Lipinski definition) is 2. The molecule has 1 atom stereocenters. The number of hydrogen-bond acceptors (Lipinski definition) is 3. The molecular formula is C10H17F3N2O2. The molecule has 0 spiro atoms. The van der Waals surface area contributed by atoms with Gasteiger partial charge in [0, 0.05) is 0 Å². The summed E-state index contributed by atoms with van der Waals surface area (Å²) in [7, 11) is 0. The first-order chi connectivity index (χ1) is 7.90. The van der Waals surface area contributed by atoms with Crippen molar-refractivity contribution in [2.24, 2.45) is 0 Å². The van der Waals surface area contributed by atoms with Crippen LogP contribution >= 0.6 is 0 Å². The summed E-state index contributed by atoms with van der Waals surface area (Å²) in [4.78, 5) is 16.0. The van der Waals surface area contributed by atoms with Crippen molar-refractivity contribution < 1.29 is 22.8 Å². The van der Waals surface area contributed by atoms with Crippen LogP contribution in [0.4, 0.5) is 13.2 Å². The summed E-state index contributed by atoms with van der Waals surface area (Å²) in [6, 6.07) is 0. The lowest BCUT2D eigenvalue weighted by atomic mass is 9.91. The largest absolute Gasteiger partial charge is 0.414 e. The highest BCUT2D eigenvalue weighted by molar-refractivity contribution is 5.85. The fourth-order valence-electron chi connectivity index (χ4n) is 2.03. The third-order valence-corrected chi connectivity index (χ3v) is 2.76. The standard InChI is InChI=1S/C10H17F3N2O2/c1-2-4-9(5-3-6-14-9)8(16)15-17-7-10(11,12)13/h14H,2-7H2,1H3,(H,15,16). The third kappa shape index (κ3) is 4.16. The van der Waals surface area contributed by atoms with Crippen LogP contribution in [0.2, 0.25) is 0 Å². The monoisotopic (exact) mass is 254 g/mol. The zero-order chi connectivity index (χ0) is 12.9. The maximum atomic E-state index is 11.8. The minimum atomic E-state index is -4.44. The minimum absolute atomic E-state index is 0.513. The van der Waals surface area contributed by atoms with Gasteiger partial charge < -0.3 is 5.32 Å². The molecule has 2 N–H and O–H groups in total. The molecular weight excluding hydrogens is 237 g/mol. The van der Waals surface area contributed by atoms with Crippen molar-refractivity contribution in [3.05, 3.63) is 0 Å². The van der Waals surface area contributed by atoms with Gasteiger partial charge in [-0.15, -0.1) is 0 Å². The SMILES string of the molecule is CCCC1(C(=O)NOCC(F)(F)F)CCCN1. The number of nitrogens with one attached hydrogen (secondary N) is 2. The molecule has 1 amide bonds. The first kappa shape index (κ1) is 14.2. The second kappa shape index (κ2) is 5.68. The summed E-state index contributed by atoms with van der Waals surface area (Å²) in [5, 5.41) is 3.05. The minimum Gasteiger partial charge on any atom is -0.303 e. The van der Waals surface area contributed by atoms with Crippen LogP contribution in [-0.4, -0.2) is 30.8 Å². The van der Waals surface area contributed by atoms with Crippen molar-refractivity contribution in [2.75, 3.05) is 13.2 Å². The van der Waals surface area contributed by atoms with Gasteiger partial charge in [0.15, 0.2) is 6.61 Å². The Bertz CT molecular complexity index is 263. The molecule has 0 aliphatic carbocycles. The smallest absolute Gasteiger partial charge is 0.303 e. The molecule has 1 unspecified atom stereocenters. The number of rotatable bonds is 5. The van der Waals surface area contributed by atoms with Crippen LogP contribution < -0.4 is 10.8 Å². The van der Waals surface area contributed by atoms with Gasteiger partial charge in [-0.1, -0.05) is 13.3 Å². The Morgan fingerprint density at radius 2 is 2.24 bits per heavy atom. The quantitative estimate of drug-likeness (QED) is 0.731. The maximum Gasteiger partial charge on any atom is 0.414 e. The third-order valence-electron chi connectivity index (χ3n) is 2.76. The van der Waals surface area contributed by atoms with Crippen molar-refractivity contribution in [1.82, 2.24) is 10.8 Å². The fourth-order valence-corrected chi connectivity index (χ4v) is 2.03. The molecule has 0 radical (unpaired) electrons. The average Bonchev–Trinajstić information content (AvgIpc) is 2.66. The van der Waals surface area contributed by atoms with E-state index < -0.39 is 24.2 Å². The van der Waals surface area contributed by atoms with E-state index >= 15 is 0 Å². The topological polar surface area (TPSA) is 50.4 Å².